The van der Waals surface area contributed by atoms with Crippen molar-refractivity contribution in [1.82, 2.24) is 15.5 Å². The van der Waals surface area contributed by atoms with E-state index in [2.05, 4.69) is 20.8 Å². The summed E-state index contributed by atoms with van der Waals surface area (Å²) in [6.45, 7) is 3.65. The van der Waals surface area contributed by atoms with Gasteiger partial charge in [0.05, 0.1) is 6.42 Å². The fourth-order valence-corrected chi connectivity index (χ4v) is 3.76. The molecule has 0 aliphatic carbocycles. The summed E-state index contributed by atoms with van der Waals surface area (Å²) in [5.74, 6) is -0.510. The van der Waals surface area contributed by atoms with Gasteiger partial charge in [0.1, 0.15) is 11.0 Å². The summed E-state index contributed by atoms with van der Waals surface area (Å²) in [6, 6.07) is 11.1. The Hall–Kier alpha value is -2.58. The smallest absolute Gasteiger partial charge is 0.248 e. The Bertz CT molecular complexity index is 906. The lowest BCUT2D eigenvalue weighted by Gasteiger charge is -2.12. The number of anilines is 1. The number of rotatable bonds is 6. The molecular formula is C18H18N4O2S2. The molecule has 3 aromatic rings. The number of amides is 2. The predicted octanol–water partition coefficient (Wildman–Crippen LogP) is 3.26. The number of aromatic nitrogens is 2. The molecule has 0 spiro atoms. The third-order valence-electron chi connectivity index (χ3n) is 3.61. The maximum Gasteiger partial charge on any atom is 0.248 e. The molecule has 0 aliphatic heterocycles. The van der Waals surface area contributed by atoms with Crippen molar-refractivity contribution in [3.63, 3.8) is 0 Å². The Morgan fingerprint density at radius 2 is 2.04 bits per heavy atom. The summed E-state index contributed by atoms with van der Waals surface area (Å²) in [7, 11) is 0. The zero-order valence-electron chi connectivity index (χ0n) is 14.4. The molecule has 0 fully saturated rings. The van der Waals surface area contributed by atoms with Crippen LogP contribution in [0.15, 0.2) is 41.8 Å². The van der Waals surface area contributed by atoms with Crippen molar-refractivity contribution in [3.8, 4) is 10.6 Å². The molecule has 2 N–H and O–H groups in total. The molecule has 2 heterocycles. The van der Waals surface area contributed by atoms with Crippen LogP contribution in [-0.4, -0.2) is 28.1 Å². The average molecular weight is 387 g/mol. The van der Waals surface area contributed by atoms with E-state index in [1.165, 1.54) is 22.7 Å². The maximum atomic E-state index is 12.3. The Kier molecular flexibility index (Phi) is 5.75. The van der Waals surface area contributed by atoms with Gasteiger partial charge in [-0.15, -0.1) is 21.5 Å². The fraction of sp³-hybridized carbons (Fsp3) is 0.222. The van der Waals surface area contributed by atoms with Crippen LogP contribution in [0.5, 0.6) is 0 Å². The Labute approximate surface area is 159 Å². The van der Waals surface area contributed by atoms with E-state index >= 15 is 0 Å². The van der Waals surface area contributed by atoms with Crippen molar-refractivity contribution in [2.45, 2.75) is 26.3 Å². The molecule has 0 aliphatic rings. The minimum atomic E-state index is -0.659. The highest BCUT2D eigenvalue weighted by Gasteiger charge is 2.18. The quantitative estimate of drug-likeness (QED) is 0.681. The van der Waals surface area contributed by atoms with E-state index in [0.717, 1.165) is 21.0 Å². The molecule has 26 heavy (non-hydrogen) atoms. The normalized spacial score (nSPS) is 11.8. The molecule has 1 atom stereocenters. The van der Waals surface area contributed by atoms with Gasteiger partial charge in [-0.2, -0.15) is 0 Å². The SMILES string of the molecule is Cc1cccc(-c2nnc(NC(=O)C(C)NC(=O)Cc3cccs3)s2)c1. The molecule has 0 radical (unpaired) electrons. The molecule has 1 unspecified atom stereocenters. The van der Waals surface area contributed by atoms with E-state index in [9.17, 15) is 9.59 Å². The first-order valence-electron chi connectivity index (χ1n) is 8.04. The summed E-state index contributed by atoms with van der Waals surface area (Å²) in [6.07, 6.45) is 0.269. The summed E-state index contributed by atoms with van der Waals surface area (Å²) in [4.78, 5) is 25.2. The lowest BCUT2D eigenvalue weighted by molar-refractivity contribution is -0.125. The number of carbonyl (C=O) groups excluding carboxylic acids is 2. The fourth-order valence-electron chi connectivity index (χ4n) is 2.31. The van der Waals surface area contributed by atoms with Gasteiger partial charge in [-0.25, -0.2) is 0 Å². The van der Waals surface area contributed by atoms with Crippen LogP contribution in [0.2, 0.25) is 0 Å². The van der Waals surface area contributed by atoms with E-state index in [1.807, 2.05) is 48.7 Å². The molecule has 2 aromatic heterocycles. The van der Waals surface area contributed by atoms with Crippen LogP contribution in [0.1, 0.15) is 17.4 Å². The van der Waals surface area contributed by atoms with Gasteiger partial charge < -0.3 is 5.32 Å². The molecule has 0 saturated carbocycles. The second kappa shape index (κ2) is 8.20. The number of benzene rings is 1. The first kappa shape index (κ1) is 18.2. The van der Waals surface area contributed by atoms with Gasteiger partial charge in [0.2, 0.25) is 16.9 Å². The third kappa shape index (κ3) is 4.74. The van der Waals surface area contributed by atoms with Gasteiger partial charge in [0, 0.05) is 10.4 Å². The Balaban J connectivity index is 1.56. The minimum absolute atomic E-state index is 0.187. The zero-order valence-corrected chi connectivity index (χ0v) is 16.0. The number of carbonyl (C=O) groups is 2. The van der Waals surface area contributed by atoms with Crippen LogP contribution in [0.4, 0.5) is 5.13 Å². The predicted molar refractivity (Wildman–Crippen MR) is 104 cm³/mol. The van der Waals surface area contributed by atoms with Crippen LogP contribution in [0.25, 0.3) is 10.6 Å². The minimum Gasteiger partial charge on any atom is -0.344 e. The summed E-state index contributed by atoms with van der Waals surface area (Å²) >= 11 is 2.81. The van der Waals surface area contributed by atoms with Gasteiger partial charge in [-0.1, -0.05) is 41.2 Å². The van der Waals surface area contributed by atoms with E-state index in [-0.39, 0.29) is 18.2 Å². The highest BCUT2D eigenvalue weighted by molar-refractivity contribution is 7.18. The molecular weight excluding hydrogens is 368 g/mol. The number of nitrogens with one attached hydrogen (secondary N) is 2. The molecule has 134 valence electrons. The lowest BCUT2D eigenvalue weighted by Crippen LogP contribution is -2.42. The maximum absolute atomic E-state index is 12.3. The monoisotopic (exact) mass is 386 g/mol. The van der Waals surface area contributed by atoms with Crippen molar-refractivity contribution >= 4 is 39.6 Å². The Morgan fingerprint density at radius 1 is 1.19 bits per heavy atom. The van der Waals surface area contributed by atoms with Gasteiger partial charge in [0.15, 0.2) is 0 Å². The first-order chi connectivity index (χ1) is 12.5. The second-order valence-corrected chi connectivity index (χ2v) is 7.83. The highest BCUT2D eigenvalue weighted by atomic mass is 32.1. The van der Waals surface area contributed by atoms with Crippen LogP contribution in [0, 0.1) is 6.92 Å². The van der Waals surface area contributed by atoms with Crippen molar-refractivity contribution in [2.24, 2.45) is 0 Å². The summed E-state index contributed by atoms with van der Waals surface area (Å²) in [5.41, 5.74) is 2.09. The summed E-state index contributed by atoms with van der Waals surface area (Å²) in [5, 5.41) is 16.6. The van der Waals surface area contributed by atoms with Crippen molar-refractivity contribution < 1.29 is 9.59 Å². The molecule has 0 saturated heterocycles. The third-order valence-corrected chi connectivity index (χ3v) is 5.37. The van der Waals surface area contributed by atoms with Gasteiger partial charge in [-0.05, 0) is 31.4 Å². The molecule has 3 rings (SSSR count). The van der Waals surface area contributed by atoms with E-state index in [4.69, 9.17) is 0 Å². The largest absolute Gasteiger partial charge is 0.344 e. The van der Waals surface area contributed by atoms with E-state index in [0.29, 0.717) is 5.13 Å². The van der Waals surface area contributed by atoms with E-state index < -0.39 is 6.04 Å². The lowest BCUT2D eigenvalue weighted by atomic mass is 10.1. The van der Waals surface area contributed by atoms with Gasteiger partial charge in [-0.3, -0.25) is 14.9 Å². The summed E-state index contributed by atoms with van der Waals surface area (Å²) < 4.78 is 0. The molecule has 0 bridgehead atoms. The number of hydrogen-bond acceptors (Lipinski definition) is 6. The first-order valence-corrected chi connectivity index (χ1v) is 9.74. The number of thiophene rings is 1. The molecule has 6 nitrogen and oxygen atoms in total. The molecule has 2 amide bonds. The molecule has 8 heteroatoms. The number of nitrogens with zero attached hydrogens (tertiary/aromatic N) is 2. The van der Waals surface area contributed by atoms with Gasteiger partial charge in [0.25, 0.3) is 0 Å². The number of hydrogen-bond donors (Lipinski definition) is 2. The van der Waals surface area contributed by atoms with Crippen molar-refractivity contribution in [2.75, 3.05) is 5.32 Å². The average Bonchev–Trinajstić information content (AvgIpc) is 3.26. The van der Waals surface area contributed by atoms with E-state index in [1.54, 1.807) is 6.92 Å². The number of aryl methyl sites for hydroxylation is 1. The molecule has 1 aromatic carbocycles. The van der Waals surface area contributed by atoms with Gasteiger partial charge >= 0.3 is 0 Å². The highest BCUT2D eigenvalue weighted by Crippen LogP contribution is 2.26. The second-order valence-electron chi connectivity index (χ2n) is 5.82. The zero-order chi connectivity index (χ0) is 18.5. The van der Waals surface area contributed by atoms with Crippen LogP contribution >= 0.6 is 22.7 Å². The standard InChI is InChI=1S/C18H18N4O2S2/c1-11-5-3-6-13(9-11)17-21-22-18(26-17)20-16(24)12(2)19-15(23)10-14-7-4-8-25-14/h3-9,12H,10H2,1-2H3,(H,19,23)(H,20,22,24). The van der Waals surface area contributed by atoms with Crippen molar-refractivity contribution in [3.05, 3.63) is 52.2 Å². The van der Waals surface area contributed by atoms with Crippen LogP contribution in [0.3, 0.4) is 0 Å². The van der Waals surface area contributed by atoms with Crippen LogP contribution in [-0.2, 0) is 16.0 Å². The van der Waals surface area contributed by atoms with Crippen LogP contribution < -0.4 is 10.6 Å². The van der Waals surface area contributed by atoms with Crippen molar-refractivity contribution in [1.29, 1.82) is 0 Å². The topological polar surface area (TPSA) is 84.0 Å². The Morgan fingerprint density at radius 3 is 2.77 bits per heavy atom.